The number of nitrogens with one attached hydrogen (secondary N) is 1. The predicted molar refractivity (Wildman–Crippen MR) is 123 cm³/mol. The van der Waals surface area contributed by atoms with Gasteiger partial charge in [0.2, 0.25) is 0 Å². The maximum Gasteiger partial charge on any atom is 0.0613 e. The van der Waals surface area contributed by atoms with Crippen LogP contribution in [0.5, 0.6) is 0 Å². The number of H-pyrrole nitrogens is 1. The fraction of sp³-hybridized carbons (Fsp3) is 0.333. The first-order chi connectivity index (χ1) is 14.0. The van der Waals surface area contributed by atoms with Crippen molar-refractivity contribution >= 4 is 39.7 Å². The molecule has 2 N–H and O–H groups in total. The van der Waals surface area contributed by atoms with Gasteiger partial charge in [-0.25, -0.2) is 0 Å². The van der Waals surface area contributed by atoms with Crippen LogP contribution in [0.2, 0.25) is 10.0 Å². The highest BCUT2D eigenvalue weighted by Crippen LogP contribution is 2.44. The molecule has 29 heavy (non-hydrogen) atoms. The van der Waals surface area contributed by atoms with E-state index in [0.29, 0.717) is 16.5 Å². The minimum atomic E-state index is 0.000529. The summed E-state index contributed by atoms with van der Waals surface area (Å²) in [5, 5.41) is 11.8. The molecule has 0 radical (unpaired) electrons. The number of aliphatic hydroxyl groups excluding tert-OH is 1. The topological polar surface area (TPSA) is 39.3 Å². The smallest absolute Gasteiger partial charge is 0.0613 e. The van der Waals surface area contributed by atoms with E-state index in [4.69, 9.17) is 23.2 Å². The third-order valence-electron chi connectivity index (χ3n) is 6.29. The van der Waals surface area contributed by atoms with E-state index in [1.54, 1.807) is 0 Å². The van der Waals surface area contributed by atoms with Crippen molar-refractivity contribution in [3.8, 4) is 0 Å². The quantitative estimate of drug-likeness (QED) is 0.520. The molecular formula is C24H26Cl2N2O. The number of nitrogens with zero attached hydrogens (tertiary/aromatic N) is 1. The number of aromatic amines is 1. The first kappa shape index (κ1) is 20.5. The molecular weight excluding hydrogens is 403 g/mol. The first-order valence-electron chi connectivity index (χ1n) is 9.99. The number of benzene rings is 2. The van der Waals surface area contributed by atoms with Crippen LogP contribution in [-0.4, -0.2) is 35.7 Å². The summed E-state index contributed by atoms with van der Waals surface area (Å²) >= 11 is 12.5. The molecule has 0 bridgehead atoms. The van der Waals surface area contributed by atoms with Crippen LogP contribution in [0.15, 0.2) is 48.5 Å². The Kier molecular flexibility index (Phi) is 5.76. The van der Waals surface area contributed by atoms with Gasteiger partial charge in [-0.2, -0.15) is 0 Å². The van der Waals surface area contributed by atoms with E-state index < -0.39 is 0 Å². The molecule has 0 amide bonds. The highest BCUT2D eigenvalue weighted by atomic mass is 35.5. The third kappa shape index (κ3) is 3.62. The average molecular weight is 429 g/mol. The van der Waals surface area contributed by atoms with Crippen LogP contribution in [0.4, 0.5) is 0 Å². The lowest BCUT2D eigenvalue weighted by Gasteiger charge is -2.43. The first-order valence-corrected chi connectivity index (χ1v) is 10.7. The van der Waals surface area contributed by atoms with Gasteiger partial charge in [0.25, 0.3) is 0 Å². The van der Waals surface area contributed by atoms with Crippen molar-refractivity contribution in [1.29, 1.82) is 0 Å². The normalized spacial score (nSPS) is 19.7. The highest BCUT2D eigenvalue weighted by molar-refractivity contribution is 6.42. The Hall–Kier alpha value is -1.78. The van der Waals surface area contributed by atoms with Crippen molar-refractivity contribution in [3.63, 3.8) is 0 Å². The molecule has 1 aromatic heterocycles. The van der Waals surface area contributed by atoms with E-state index in [9.17, 15) is 5.11 Å². The van der Waals surface area contributed by atoms with Gasteiger partial charge in [0.15, 0.2) is 0 Å². The van der Waals surface area contributed by atoms with Crippen LogP contribution >= 0.6 is 23.2 Å². The Balaban J connectivity index is 1.77. The molecule has 3 aromatic rings. The summed E-state index contributed by atoms with van der Waals surface area (Å²) in [4.78, 5) is 5.89. The number of halogens is 2. The van der Waals surface area contributed by atoms with E-state index in [0.717, 1.165) is 41.4 Å². The molecule has 2 aromatic carbocycles. The molecule has 0 fully saturated rings. The molecule has 1 heterocycles. The van der Waals surface area contributed by atoms with Crippen LogP contribution < -0.4 is 0 Å². The molecule has 0 saturated heterocycles. The van der Waals surface area contributed by atoms with Gasteiger partial charge in [-0.3, -0.25) is 4.90 Å². The second-order valence-corrected chi connectivity index (χ2v) is 8.80. The second-order valence-electron chi connectivity index (χ2n) is 7.99. The maximum atomic E-state index is 9.65. The number of rotatable bonds is 5. The minimum Gasteiger partial charge on any atom is -0.396 e. The number of aromatic nitrogens is 1. The molecule has 3 nitrogen and oxygen atoms in total. The van der Waals surface area contributed by atoms with E-state index in [2.05, 4.69) is 60.4 Å². The van der Waals surface area contributed by atoms with Gasteiger partial charge in [-0.05, 0) is 68.6 Å². The van der Waals surface area contributed by atoms with Crippen LogP contribution in [0.3, 0.4) is 0 Å². The molecule has 1 atom stereocenters. The van der Waals surface area contributed by atoms with E-state index >= 15 is 0 Å². The van der Waals surface area contributed by atoms with Crippen LogP contribution in [0.1, 0.15) is 36.1 Å². The van der Waals surface area contributed by atoms with Gasteiger partial charge in [0, 0.05) is 28.7 Å². The summed E-state index contributed by atoms with van der Waals surface area (Å²) in [6, 6.07) is 14.5. The van der Waals surface area contributed by atoms with Crippen LogP contribution in [0.25, 0.3) is 16.5 Å². The largest absolute Gasteiger partial charge is 0.396 e. The van der Waals surface area contributed by atoms with Gasteiger partial charge in [0.1, 0.15) is 0 Å². The number of hydrogen-bond acceptors (Lipinski definition) is 2. The SMILES string of the molecule is CN(C)C1(c2ccccc2)CC=C(c2[nH]c3cc(Cl)c(Cl)cc3c2CCO)CC1. The predicted octanol–water partition coefficient (Wildman–Crippen LogP) is 6.03. The molecule has 0 spiro atoms. The van der Waals surface area contributed by atoms with Crippen molar-refractivity contribution in [2.45, 2.75) is 31.2 Å². The van der Waals surface area contributed by atoms with Gasteiger partial charge in [0.05, 0.1) is 10.0 Å². The van der Waals surface area contributed by atoms with Crippen molar-refractivity contribution in [2.24, 2.45) is 0 Å². The second kappa shape index (κ2) is 8.16. The Morgan fingerprint density at radius 1 is 1.10 bits per heavy atom. The van der Waals surface area contributed by atoms with E-state index in [1.165, 1.54) is 11.1 Å². The summed E-state index contributed by atoms with van der Waals surface area (Å²) in [5.74, 6) is 0. The Morgan fingerprint density at radius 2 is 1.83 bits per heavy atom. The summed E-state index contributed by atoms with van der Waals surface area (Å²) in [6.45, 7) is 0.0964. The molecule has 0 saturated carbocycles. The van der Waals surface area contributed by atoms with Gasteiger partial charge in [-0.1, -0.05) is 59.6 Å². The van der Waals surface area contributed by atoms with Gasteiger partial charge < -0.3 is 10.1 Å². The van der Waals surface area contributed by atoms with Gasteiger partial charge in [-0.15, -0.1) is 0 Å². The summed E-state index contributed by atoms with van der Waals surface area (Å²) < 4.78 is 0. The molecule has 1 aliphatic carbocycles. The maximum absolute atomic E-state index is 9.65. The average Bonchev–Trinajstić information content (AvgIpc) is 3.06. The third-order valence-corrected chi connectivity index (χ3v) is 7.01. The lowest BCUT2D eigenvalue weighted by atomic mass is 9.75. The number of allylic oxidation sites excluding steroid dienone is 1. The number of fused-ring (bicyclic) bond motifs is 1. The number of hydrogen-bond donors (Lipinski definition) is 2. The Labute approximate surface area is 181 Å². The molecule has 1 unspecified atom stereocenters. The molecule has 152 valence electrons. The van der Waals surface area contributed by atoms with Crippen molar-refractivity contribution in [3.05, 3.63) is 75.4 Å². The standard InChI is InChI=1S/C24H26Cl2N2O/c1-28(2)24(17-6-4-3-5-7-17)11-8-16(9-12-24)23-18(10-13-29)19-14-20(25)21(26)15-22(19)27-23/h3-8,14-15,27,29H,9-13H2,1-2H3. The van der Waals surface area contributed by atoms with Crippen molar-refractivity contribution in [1.82, 2.24) is 9.88 Å². The summed E-state index contributed by atoms with van der Waals surface area (Å²) in [7, 11) is 4.33. The van der Waals surface area contributed by atoms with E-state index in [-0.39, 0.29) is 12.1 Å². The zero-order valence-electron chi connectivity index (χ0n) is 16.8. The highest BCUT2D eigenvalue weighted by Gasteiger charge is 2.36. The van der Waals surface area contributed by atoms with Crippen molar-refractivity contribution < 1.29 is 5.11 Å². The number of aliphatic hydroxyl groups is 1. The minimum absolute atomic E-state index is 0.000529. The zero-order valence-corrected chi connectivity index (χ0v) is 18.3. The summed E-state index contributed by atoms with van der Waals surface area (Å²) in [6.07, 6.45) is 5.87. The fourth-order valence-electron chi connectivity index (χ4n) is 4.63. The molecule has 5 heteroatoms. The Morgan fingerprint density at radius 3 is 2.45 bits per heavy atom. The fourth-order valence-corrected chi connectivity index (χ4v) is 4.96. The van der Waals surface area contributed by atoms with Crippen molar-refractivity contribution in [2.75, 3.05) is 20.7 Å². The molecule has 4 rings (SSSR count). The lowest BCUT2D eigenvalue weighted by Crippen LogP contribution is -2.42. The van der Waals surface area contributed by atoms with Gasteiger partial charge >= 0.3 is 0 Å². The zero-order chi connectivity index (χ0) is 20.6. The Bertz CT molecular complexity index is 1060. The van der Waals surface area contributed by atoms with E-state index in [1.807, 2.05) is 12.1 Å². The van der Waals surface area contributed by atoms with Crippen LogP contribution in [-0.2, 0) is 12.0 Å². The lowest BCUT2D eigenvalue weighted by molar-refractivity contribution is 0.138. The molecule has 0 aliphatic heterocycles. The molecule has 1 aliphatic rings. The summed E-state index contributed by atoms with van der Waals surface area (Å²) in [5.41, 5.74) is 5.83. The monoisotopic (exact) mass is 428 g/mol. The van der Waals surface area contributed by atoms with Crippen LogP contribution in [0, 0.1) is 0 Å².